The van der Waals surface area contributed by atoms with Gasteiger partial charge in [0.1, 0.15) is 0 Å². The van der Waals surface area contributed by atoms with Crippen LogP contribution in [0.5, 0.6) is 5.88 Å². The molecule has 102 valence electrons. The molecule has 0 radical (unpaired) electrons. The summed E-state index contributed by atoms with van der Waals surface area (Å²) in [5, 5.41) is 14.4. The number of aromatic hydroxyl groups is 1. The molecule has 0 bridgehead atoms. The molecule has 3 heteroatoms. The van der Waals surface area contributed by atoms with Crippen LogP contribution in [-0.2, 0) is 11.8 Å². The summed E-state index contributed by atoms with van der Waals surface area (Å²) >= 11 is 0. The SMILES string of the molecule is CCc1c(O)nn(-c2ccccc2C)c1C(C)(C)C. The summed E-state index contributed by atoms with van der Waals surface area (Å²) in [7, 11) is 0. The second kappa shape index (κ2) is 4.72. The topological polar surface area (TPSA) is 38.1 Å². The van der Waals surface area contributed by atoms with E-state index in [1.54, 1.807) is 0 Å². The van der Waals surface area contributed by atoms with Crippen molar-refractivity contribution in [2.24, 2.45) is 0 Å². The van der Waals surface area contributed by atoms with Crippen molar-refractivity contribution >= 4 is 0 Å². The monoisotopic (exact) mass is 258 g/mol. The Morgan fingerprint density at radius 3 is 2.37 bits per heavy atom. The minimum absolute atomic E-state index is 0.0679. The van der Waals surface area contributed by atoms with Crippen molar-refractivity contribution < 1.29 is 5.11 Å². The van der Waals surface area contributed by atoms with E-state index in [1.807, 2.05) is 29.8 Å². The summed E-state index contributed by atoms with van der Waals surface area (Å²) in [6.07, 6.45) is 0.782. The molecule has 2 rings (SSSR count). The molecular weight excluding hydrogens is 236 g/mol. The first kappa shape index (κ1) is 13.7. The zero-order valence-corrected chi connectivity index (χ0v) is 12.4. The van der Waals surface area contributed by atoms with Gasteiger partial charge in [-0.15, -0.1) is 5.10 Å². The molecule has 1 N–H and O–H groups in total. The van der Waals surface area contributed by atoms with Crippen LogP contribution in [0, 0.1) is 6.92 Å². The van der Waals surface area contributed by atoms with E-state index < -0.39 is 0 Å². The van der Waals surface area contributed by atoms with Crippen molar-refractivity contribution in [2.45, 2.75) is 46.5 Å². The number of aromatic nitrogens is 2. The minimum Gasteiger partial charge on any atom is -0.492 e. The van der Waals surface area contributed by atoms with Gasteiger partial charge >= 0.3 is 0 Å². The molecule has 0 saturated heterocycles. The maximum atomic E-state index is 10.1. The van der Waals surface area contributed by atoms with E-state index in [0.29, 0.717) is 0 Å². The average molecular weight is 258 g/mol. The Morgan fingerprint density at radius 2 is 1.84 bits per heavy atom. The first-order chi connectivity index (χ1) is 8.86. The third-order valence-corrected chi connectivity index (χ3v) is 3.37. The number of hydrogen-bond acceptors (Lipinski definition) is 2. The Kier molecular flexibility index (Phi) is 3.40. The zero-order chi connectivity index (χ0) is 14.2. The van der Waals surface area contributed by atoms with E-state index in [1.165, 1.54) is 0 Å². The summed E-state index contributed by atoms with van der Waals surface area (Å²) in [5.41, 5.74) is 4.14. The standard InChI is InChI=1S/C16H22N2O/c1-6-12-14(16(3,4)5)18(17-15(12)19)13-10-8-7-9-11(13)2/h7-10H,6H2,1-5H3,(H,17,19). The van der Waals surface area contributed by atoms with Gasteiger partial charge in [-0.25, -0.2) is 4.68 Å². The van der Waals surface area contributed by atoms with Gasteiger partial charge in [-0.2, -0.15) is 0 Å². The lowest BCUT2D eigenvalue weighted by atomic mass is 9.88. The lowest BCUT2D eigenvalue weighted by molar-refractivity contribution is 0.442. The van der Waals surface area contributed by atoms with Crippen LogP contribution in [0.1, 0.15) is 44.5 Å². The maximum absolute atomic E-state index is 10.1. The molecule has 1 aromatic carbocycles. The largest absolute Gasteiger partial charge is 0.492 e. The van der Waals surface area contributed by atoms with E-state index >= 15 is 0 Å². The van der Waals surface area contributed by atoms with Crippen molar-refractivity contribution in [1.82, 2.24) is 9.78 Å². The van der Waals surface area contributed by atoms with E-state index in [2.05, 4.69) is 38.9 Å². The number of nitrogens with zero attached hydrogens (tertiary/aromatic N) is 2. The molecule has 0 aliphatic rings. The minimum atomic E-state index is -0.0679. The highest BCUT2D eigenvalue weighted by Crippen LogP contribution is 2.34. The molecule has 1 heterocycles. The van der Waals surface area contributed by atoms with Gasteiger partial charge in [0.15, 0.2) is 0 Å². The molecule has 0 aliphatic heterocycles. The molecule has 0 amide bonds. The normalized spacial score (nSPS) is 11.8. The molecule has 0 unspecified atom stereocenters. The van der Waals surface area contributed by atoms with Crippen LogP contribution < -0.4 is 0 Å². The van der Waals surface area contributed by atoms with E-state index in [0.717, 1.165) is 28.9 Å². The Hall–Kier alpha value is -1.77. The highest BCUT2D eigenvalue weighted by Gasteiger charge is 2.27. The Labute approximate surface area is 114 Å². The van der Waals surface area contributed by atoms with Gasteiger partial charge in [-0.05, 0) is 25.0 Å². The highest BCUT2D eigenvalue weighted by molar-refractivity contribution is 5.46. The molecule has 0 aliphatic carbocycles. The Bertz CT molecular complexity index is 591. The molecule has 0 saturated carbocycles. The lowest BCUT2D eigenvalue weighted by Gasteiger charge is -2.22. The fourth-order valence-electron chi connectivity index (χ4n) is 2.51. The Balaban J connectivity index is 2.75. The third kappa shape index (κ3) is 2.37. The van der Waals surface area contributed by atoms with Crippen LogP contribution >= 0.6 is 0 Å². The smallest absolute Gasteiger partial charge is 0.234 e. The van der Waals surface area contributed by atoms with E-state index in [-0.39, 0.29) is 11.3 Å². The second-order valence-corrected chi connectivity index (χ2v) is 5.95. The van der Waals surface area contributed by atoms with Crippen molar-refractivity contribution in [2.75, 3.05) is 0 Å². The van der Waals surface area contributed by atoms with Crippen LogP contribution in [-0.4, -0.2) is 14.9 Å². The maximum Gasteiger partial charge on any atom is 0.234 e. The number of benzene rings is 1. The van der Waals surface area contributed by atoms with E-state index in [9.17, 15) is 5.11 Å². The van der Waals surface area contributed by atoms with Gasteiger partial charge in [-0.1, -0.05) is 45.9 Å². The first-order valence-electron chi connectivity index (χ1n) is 6.73. The molecular formula is C16H22N2O. The number of aryl methyl sites for hydroxylation is 1. The summed E-state index contributed by atoms with van der Waals surface area (Å²) in [6.45, 7) is 10.6. The Morgan fingerprint density at radius 1 is 1.21 bits per heavy atom. The van der Waals surface area contributed by atoms with Crippen molar-refractivity contribution in [3.8, 4) is 11.6 Å². The average Bonchev–Trinajstić information content (AvgIpc) is 2.66. The molecule has 0 fully saturated rings. The summed E-state index contributed by atoms with van der Waals surface area (Å²) in [4.78, 5) is 0. The van der Waals surface area contributed by atoms with Crippen LogP contribution in [0.2, 0.25) is 0 Å². The first-order valence-corrected chi connectivity index (χ1v) is 6.73. The summed E-state index contributed by atoms with van der Waals surface area (Å²) in [5.74, 6) is 0.149. The van der Waals surface area contributed by atoms with Gasteiger partial charge in [0, 0.05) is 11.0 Å². The van der Waals surface area contributed by atoms with E-state index in [4.69, 9.17) is 0 Å². The van der Waals surface area contributed by atoms with Gasteiger partial charge in [0.2, 0.25) is 5.88 Å². The van der Waals surface area contributed by atoms with Crippen LogP contribution in [0.25, 0.3) is 5.69 Å². The van der Waals surface area contributed by atoms with Gasteiger partial charge in [-0.3, -0.25) is 0 Å². The van der Waals surface area contributed by atoms with Crippen LogP contribution in [0.4, 0.5) is 0 Å². The molecule has 1 aromatic heterocycles. The van der Waals surface area contributed by atoms with Crippen LogP contribution in [0.15, 0.2) is 24.3 Å². The molecule has 0 atom stereocenters. The molecule has 3 nitrogen and oxygen atoms in total. The summed E-state index contributed by atoms with van der Waals surface area (Å²) < 4.78 is 1.89. The number of hydrogen-bond donors (Lipinski definition) is 1. The fourth-order valence-corrected chi connectivity index (χ4v) is 2.51. The van der Waals surface area contributed by atoms with Crippen molar-refractivity contribution in [3.63, 3.8) is 0 Å². The van der Waals surface area contributed by atoms with Gasteiger partial charge < -0.3 is 5.11 Å². The van der Waals surface area contributed by atoms with Crippen LogP contribution in [0.3, 0.4) is 0 Å². The van der Waals surface area contributed by atoms with Crippen molar-refractivity contribution in [3.05, 3.63) is 41.1 Å². The lowest BCUT2D eigenvalue weighted by Crippen LogP contribution is -2.19. The second-order valence-electron chi connectivity index (χ2n) is 5.95. The fraction of sp³-hybridized carbons (Fsp3) is 0.438. The molecule has 0 spiro atoms. The zero-order valence-electron chi connectivity index (χ0n) is 12.4. The number of para-hydroxylation sites is 1. The molecule has 2 aromatic rings. The van der Waals surface area contributed by atoms with Crippen molar-refractivity contribution in [1.29, 1.82) is 0 Å². The quantitative estimate of drug-likeness (QED) is 0.891. The summed E-state index contributed by atoms with van der Waals surface area (Å²) in [6, 6.07) is 8.11. The highest BCUT2D eigenvalue weighted by atomic mass is 16.3. The predicted octanol–water partition coefficient (Wildman–Crippen LogP) is 3.75. The van der Waals surface area contributed by atoms with Gasteiger partial charge in [0.25, 0.3) is 0 Å². The number of rotatable bonds is 2. The molecule has 19 heavy (non-hydrogen) atoms. The van der Waals surface area contributed by atoms with Gasteiger partial charge in [0.05, 0.1) is 11.4 Å². The predicted molar refractivity (Wildman–Crippen MR) is 78.0 cm³/mol. The third-order valence-electron chi connectivity index (χ3n) is 3.37.